The number of amides is 1. The summed E-state index contributed by atoms with van der Waals surface area (Å²) in [6, 6.07) is 5.28. The van der Waals surface area contributed by atoms with E-state index in [4.69, 9.17) is 10.00 Å². The Kier molecular flexibility index (Phi) is 6.38. The first-order chi connectivity index (χ1) is 10.3. The molecule has 0 spiro atoms. The standard InChI is InChI=1S/C15H19N3O3S/c1-10(2)15(3,9-16)18-12(19)8-21-14(20)11-6-5-7-17-13(11)22-4/h5-7,10H,8H2,1-4H3,(H,18,19)/t15-/m0/s1. The third-order valence-corrected chi connectivity index (χ3v) is 4.02. The summed E-state index contributed by atoms with van der Waals surface area (Å²) < 4.78 is 4.99. The van der Waals surface area contributed by atoms with Gasteiger partial charge in [0.2, 0.25) is 0 Å². The Morgan fingerprint density at radius 3 is 2.77 bits per heavy atom. The van der Waals surface area contributed by atoms with Crippen LogP contribution in [0.5, 0.6) is 0 Å². The number of nitrogens with zero attached hydrogens (tertiary/aromatic N) is 2. The minimum Gasteiger partial charge on any atom is -0.452 e. The van der Waals surface area contributed by atoms with Gasteiger partial charge in [0.05, 0.1) is 11.6 Å². The summed E-state index contributed by atoms with van der Waals surface area (Å²) in [6.07, 6.45) is 3.38. The van der Waals surface area contributed by atoms with Crippen molar-refractivity contribution in [2.45, 2.75) is 31.3 Å². The Labute approximate surface area is 134 Å². The van der Waals surface area contributed by atoms with Crippen LogP contribution in [0.4, 0.5) is 0 Å². The number of aromatic nitrogens is 1. The molecule has 1 heterocycles. The van der Waals surface area contributed by atoms with Crippen molar-refractivity contribution in [3.63, 3.8) is 0 Å². The molecular formula is C15H19N3O3S. The molecule has 7 heteroatoms. The van der Waals surface area contributed by atoms with E-state index < -0.39 is 24.0 Å². The molecule has 1 N–H and O–H groups in total. The van der Waals surface area contributed by atoms with E-state index in [9.17, 15) is 9.59 Å². The Balaban J connectivity index is 2.65. The van der Waals surface area contributed by atoms with Crippen LogP contribution in [0.2, 0.25) is 0 Å². The Morgan fingerprint density at radius 2 is 2.23 bits per heavy atom. The van der Waals surface area contributed by atoms with Crippen LogP contribution in [0.3, 0.4) is 0 Å². The fourth-order valence-corrected chi connectivity index (χ4v) is 2.08. The highest BCUT2D eigenvalue weighted by Gasteiger charge is 2.30. The lowest BCUT2D eigenvalue weighted by atomic mass is 9.90. The average Bonchev–Trinajstić information content (AvgIpc) is 2.52. The average molecular weight is 321 g/mol. The van der Waals surface area contributed by atoms with Crippen LogP contribution < -0.4 is 5.32 Å². The highest BCUT2D eigenvalue weighted by Crippen LogP contribution is 2.18. The van der Waals surface area contributed by atoms with E-state index in [1.165, 1.54) is 11.8 Å². The SMILES string of the molecule is CSc1ncccc1C(=O)OCC(=O)N[C@@](C)(C#N)C(C)C. The Hall–Kier alpha value is -2.07. The van der Waals surface area contributed by atoms with Crippen molar-refractivity contribution in [2.24, 2.45) is 5.92 Å². The predicted octanol–water partition coefficient (Wildman–Crippen LogP) is 2.01. The molecule has 0 unspecified atom stereocenters. The highest BCUT2D eigenvalue weighted by atomic mass is 32.2. The lowest BCUT2D eigenvalue weighted by Crippen LogP contribution is -2.50. The van der Waals surface area contributed by atoms with Gasteiger partial charge in [-0.3, -0.25) is 4.79 Å². The summed E-state index contributed by atoms with van der Waals surface area (Å²) in [5, 5.41) is 12.3. The van der Waals surface area contributed by atoms with Crippen LogP contribution >= 0.6 is 11.8 Å². The van der Waals surface area contributed by atoms with Crippen LogP contribution in [0.15, 0.2) is 23.4 Å². The largest absolute Gasteiger partial charge is 0.452 e. The van der Waals surface area contributed by atoms with Gasteiger partial charge in [-0.25, -0.2) is 9.78 Å². The molecule has 0 bridgehead atoms. The second-order valence-electron chi connectivity index (χ2n) is 5.15. The number of nitriles is 1. The Bertz CT molecular complexity index is 598. The van der Waals surface area contributed by atoms with Gasteiger partial charge in [0, 0.05) is 6.20 Å². The van der Waals surface area contributed by atoms with Crippen LogP contribution in [-0.2, 0) is 9.53 Å². The van der Waals surface area contributed by atoms with Crippen molar-refractivity contribution < 1.29 is 14.3 Å². The zero-order valence-electron chi connectivity index (χ0n) is 13.0. The maximum Gasteiger partial charge on any atom is 0.341 e. The van der Waals surface area contributed by atoms with Crippen molar-refractivity contribution in [2.75, 3.05) is 12.9 Å². The lowest BCUT2D eigenvalue weighted by Gasteiger charge is -2.27. The third-order valence-electron chi connectivity index (χ3n) is 3.30. The van der Waals surface area contributed by atoms with Gasteiger partial charge in [0.25, 0.3) is 5.91 Å². The molecule has 1 rings (SSSR count). The number of rotatable bonds is 6. The summed E-state index contributed by atoms with van der Waals surface area (Å²) in [6.45, 7) is 4.85. The molecule has 0 aliphatic rings. The van der Waals surface area contributed by atoms with Gasteiger partial charge < -0.3 is 10.1 Å². The number of pyridine rings is 1. The van der Waals surface area contributed by atoms with Crippen molar-refractivity contribution in [3.8, 4) is 6.07 Å². The van der Waals surface area contributed by atoms with Crippen molar-refractivity contribution in [1.29, 1.82) is 5.26 Å². The van der Waals surface area contributed by atoms with Gasteiger partial charge in [-0.15, -0.1) is 11.8 Å². The summed E-state index contributed by atoms with van der Waals surface area (Å²) in [5.41, 5.74) is -0.683. The van der Waals surface area contributed by atoms with Gasteiger partial charge in [-0.2, -0.15) is 5.26 Å². The molecule has 0 saturated heterocycles. The Morgan fingerprint density at radius 1 is 1.55 bits per heavy atom. The second kappa shape index (κ2) is 7.80. The summed E-state index contributed by atoms with van der Waals surface area (Å²) in [5.74, 6) is -1.20. The van der Waals surface area contributed by atoms with Gasteiger partial charge >= 0.3 is 5.97 Å². The quantitative estimate of drug-likeness (QED) is 0.636. The van der Waals surface area contributed by atoms with Crippen LogP contribution in [0.25, 0.3) is 0 Å². The van der Waals surface area contributed by atoms with E-state index in [1.54, 1.807) is 31.5 Å². The van der Waals surface area contributed by atoms with E-state index in [2.05, 4.69) is 16.4 Å². The molecule has 6 nitrogen and oxygen atoms in total. The topological polar surface area (TPSA) is 92.1 Å². The molecule has 1 aromatic heterocycles. The van der Waals surface area contributed by atoms with Crippen molar-refractivity contribution in [1.82, 2.24) is 10.3 Å². The van der Waals surface area contributed by atoms with E-state index in [0.29, 0.717) is 10.6 Å². The van der Waals surface area contributed by atoms with Gasteiger partial charge in [-0.05, 0) is 31.2 Å². The van der Waals surface area contributed by atoms with E-state index in [0.717, 1.165) is 0 Å². The predicted molar refractivity (Wildman–Crippen MR) is 83.3 cm³/mol. The second-order valence-corrected chi connectivity index (χ2v) is 5.95. The zero-order chi connectivity index (χ0) is 16.8. The van der Waals surface area contributed by atoms with Crippen LogP contribution in [-0.4, -0.2) is 35.3 Å². The molecule has 0 aliphatic carbocycles. The number of hydrogen-bond donors (Lipinski definition) is 1. The number of thioether (sulfide) groups is 1. The zero-order valence-corrected chi connectivity index (χ0v) is 13.9. The van der Waals surface area contributed by atoms with E-state index in [-0.39, 0.29) is 5.92 Å². The summed E-state index contributed by atoms with van der Waals surface area (Å²) >= 11 is 1.32. The third kappa shape index (κ3) is 4.46. The molecule has 118 valence electrons. The van der Waals surface area contributed by atoms with Gasteiger partial charge in [0.1, 0.15) is 10.6 Å². The molecule has 1 aromatic rings. The van der Waals surface area contributed by atoms with Crippen LogP contribution in [0.1, 0.15) is 31.1 Å². The lowest BCUT2D eigenvalue weighted by molar-refractivity contribution is -0.125. The minimum atomic E-state index is -0.998. The number of carbonyl (C=O) groups is 2. The first-order valence-corrected chi connectivity index (χ1v) is 7.95. The number of nitrogens with one attached hydrogen (secondary N) is 1. The van der Waals surface area contributed by atoms with Gasteiger partial charge in [-0.1, -0.05) is 13.8 Å². The summed E-state index contributed by atoms with van der Waals surface area (Å²) in [7, 11) is 0. The monoisotopic (exact) mass is 321 g/mol. The molecule has 1 atom stereocenters. The normalized spacial score (nSPS) is 13.1. The molecule has 1 amide bonds. The molecule has 0 aromatic carbocycles. The molecule has 0 saturated carbocycles. The number of esters is 1. The highest BCUT2D eigenvalue weighted by molar-refractivity contribution is 7.98. The number of ether oxygens (including phenoxy) is 1. The van der Waals surface area contributed by atoms with Crippen molar-refractivity contribution >= 4 is 23.6 Å². The molecule has 22 heavy (non-hydrogen) atoms. The van der Waals surface area contributed by atoms with E-state index in [1.807, 2.05) is 13.8 Å². The first kappa shape index (κ1) is 18.0. The fourth-order valence-electron chi connectivity index (χ4n) is 1.54. The number of carbonyl (C=O) groups excluding carboxylic acids is 2. The van der Waals surface area contributed by atoms with Gasteiger partial charge in [0.15, 0.2) is 6.61 Å². The minimum absolute atomic E-state index is 0.0708. The maximum absolute atomic E-state index is 12.0. The van der Waals surface area contributed by atoms with Crippen molar-refractivity contribution in [3.05, 3.63) is 23.9 Å². The first-order valence-electron chi connectivity index (χ1n) is 6.72. The number of hydrogen-bond acceptors (Lipinski definition) is 6. The van der Waals surface area contributed by atoms with E-state index >= 15 is 0 Å². The maximum atomic E-state index is 12.0. The smallest absolute Gasteiger partial charge is 0.341 e. The molecule has 0 fully saturated rings. The fraction of sp³-hybridized carbons (Fsp3) is 0.467. The molecular weight excluding hydrogens is 302 g/mol. The summed E-state index contributed by atoms with van der Waals surface area (Å²) in [4.78, 5) is 27.9. The van der Waals surface area contributed by atoms with Crippen LogP contribution in [0, 0.1) is 17.2 Å². The molecule has 0 aliphatic heterocycles. The molecule has 0 radical (unpaired) electrons.